The van der Waals surface area contributed by atoms with Crippen LogP contribution in [0.3, 0.4) is 0 Å². The number of hydrogen-bond donors (Lipinski definition) is 1. The number of carbonyl (C=O) groups excluding carboxylic acids is 1. The number of pyridine rings is 1. The first-order valence-corrected chi connectivity index (χ1v) is 11.4. The van der Waals surface area contributed by atoms with Crippen LogP contribution in [0.2, 0.25) is 0 Å². The van der Waals surface area contributed by atoms with Crippen LogP contribution in [-0.4, -0.2) is 40.8 Å². The summed E-state index contributed by atoms with van der Waals surface area (Å²) in [6.07, 6.45) is 3.30. The van der Waals surface area contributed by atoms with E-state index in [0.29, 0.717) is 13.1 Å². The number of nitrogens with one attached hydrogen (secondary N) is 1. The third-order valence-corrected chi connectivity index (χ3v) is 5.39. The van der Waals surface area contributed by atoms with Crippen LogP contribution in [0.25, 0.3) is 11.1 Å². The third kappa shape index (κ3) is 6.48. The molecule has 0 saturated carbocycles. The van der Waals surface area contributed by atoms with Crippen molar-refractivity contribution in [2.24, 2.45) is 0 Å². The van der Waals surface area contributed by atoms with Gasteiger partial charge < -0.3 is 19.7 Å². The maximum absolute atomic E-state index is 12.2. The minimum atomic E-state index is -0.472. The Labute approximate surface area is 195 Å². The fourth-order valence-electron chi connectivity index (χ4n) is 3.71. The predicted octanol–water partition coefficient (Wildman–Crippen LogP) is 6.27. The number of anilines is 2. The van der Waals surface area contributed by atoms with E-state index < -0.39 is 5.60 Å². The van der Waals surface area contributed by atoms with Gasteiger partial charge in [-0.3, -0.25) is 0 Å². The van der Waals surface area contributed by atoms with Crippen LogP contribution >= 0.6 is 0 Å². The molecule has 0 atom stereocenters. The van der Waals surface area contributed by atoms with E-state index in [9.17, 15) is 4.79 Å². The molecule has 1 aliphatic heterocycles. The normalized spacial score (nSPS) is 14.6. The molecule has 3 aromatic rings. The Hall–Kier alpha value is -3.54. The molecule has 6 heteroatoms. The van der Waals surface area contributed by atoms with Crippen LogP contribution < -0.4 is 10.1 Å². The summed E-state index contributed by atoms with van der Waals surface area (Å²) < 4.78 is 11.6. The lowest BCUT2D eigenvalue weighted by Crippen LogP contribution is -2.44. The highest BCUT2D eigenvalue weighted by Gasteiger charge is 2.27. The van der Waals surface area contributed by atoms with Crippen molar-refractivity contribution < 1.29 is 14.3 Å². The van der Waals surface area contributed by atoms with E-state index in [2.05, 4.69) is 16.4 Å². The average Bonchev–Trinajstić information content (AvgIpc) is 2.80. The Bertz CT molecular complexity index is 1040. The molecule has 2 aromatic carbocycles. The minimum absolute atomic E-state index is 0.0968. The molecule has 0 radical (unpaired) electrons. The van der Waals surface area contributed by atoms with Crippen LogP contribution in [0.4, 0.5) is 16.3 Å². The van der Waals surface area contributed by atoms with Crippen LogP contribution in [0.5, 0.6) is 5.75 Å². The number of rotatable bonds is 5. The summed E-state index contributed by atoms with van der Waals surface area (Å²) in [6, 6.07) is 22.1. The zero-order valence-electron chi connectivity index (χ0n) is 19.5. The molecule has 1 N–H and O–H groups in total. The van der Waals surface area contributed by atoms with Crippen molar-refractivity contribution in [3.05, 3.63) is 72.9 Å². The summed E-state index contributed by atoms with van der Waals surface area (Å²) in [7, 11) is 0. The largest absolute Gasteiger partial charge is 0.490 e. The average molecular weight is 446 g/mol. The number of nitrogens with zero attached hydrogens (tertiary/aromatic N) is 2. The van der Waals surface area contributed by atoms with Gasteiger partial charge in [0.25, 0.3) is 0 Å². The molecule has 0 aliphatic carbocycles. The third-order valence-electron chi connectivity index (χ3n) is 5.39. The highest BCUT2D eigenvalue weighted by molar-refractivity contribution is 5.68. The van der Waals surface area contributed by atoms with Crippen molar-refractivity contribution in [1.82, 2.24) is 9.88 Å². The van der Waals surface area contributed by atoms with Gasteiger partial charge >= 0.3 is 6.09 Å². The Balaban J connectivity index is 1.29. The van der Waals surface area contributed by atoms with E-state index in [4.69, 9.17) is 9.47 Å². The number of carbonyl (C=O) groups is 1. The molecular weight excluding hydrogens is 414 g/mol. The number of piperidine rings is 1. The van der Waals surface area contributed by atoms with E-state index >= 15 is 0 Å². The molecule has 0 spiro atoms. The molecule has 1 aliphatic rings. The van der Waals surface area contributed by atoms with Gasteiger partial charge in [-0.2, -0.15) is 0 Å². The highest BCUT2D eigenvalue weighted by atomic mass is 16.6. The SMILES string of the molecule is CC(C)(C)OC(=O)N1CCC(Oc2ccc(-c3ccc(Nc4ccccc4)nc3)cc2)CC1. The number of benzene rings is 2. The summed E-state index contributed by atoms with van der Waals surface area (Å²) in [5, 5.41) is 3.29. The molecule has 0 bridgehead atoms. The lowest BCUT2D eigenvalue weighted by molar-refractivity contribution is 0.0126. The molecule has 2 heterocycles. The Morgan fingerprint density at radius 3 is 2.21 bits per heavy atom. The minimum Gasteiger partial charge on any atom is -0.490 e. The van der Waals surface area contributed by atoms with Crippen LogP contribution in [0.1, 0.15) is 33.6 Å². The van der Waals surface area contributed by atoms with E-state index in [0.717, 1.165) is 41.2 Å². The molecule has 1 amide bonds. The first-order valence-electron chi connectivity index (χ1n) is 11.4. The Morgan fingerprint density at radius 2 is 1.61 bits per heavy atom. The Morgan fingerprint density at radius 1 is 0.939 bits per heavy atom. The zero-order valence-corrected chi connectivity index (χ0v) is 19.5. The maximum Gasteiger partial charge on any atom is 0.410 e. The second kappa shape index (κ2) is 9.94. The summed E-state index contributed by atoms with van der Waals surface area (Å²) in [4.78, 5) is 18.5. The summed E-state index contributed by atoms with van der Waals surface area (Å²) in [5.41, 5.74) is 2.67. The second-order valence-electron chi connectivity index (χ2n) is 9.23. The Kier molecular flexibility index (Phi) is 6.82. The van der Waals surface area contributed by atoms with Gasteiger partial charge in [-0.15, -0.1) is 0 Å². The first kappa shape index (κ1) is 22.6. The van der Waals surface area contributed by atoms with Crippen molar-refractivity contribution in [3.8, 4) is 16.9 Å². The topological polar surface area (TPSA) is 63.7 Å². The molecule has 4 rings (SSSR count). The van der Waals surface area contributed by atoms with Gasteiger partial charge in [-0.05, 0) is 62.7 Å². The molecule has 1 saturated heterocycles. The lowest BCUT2D eigenvalue weighted by atomic mass is 10.1. The molecule has 172 valence electrons. The van der Waals surface area contributed by atoms with E-state index in [-0.39, 0.29) is 12.2 Å². The van der Waals surface area contributed by atoms with Crippen molar-refractivity contribution in [3.63, 3.8) is 0 Å². The molecule has 33 heavy (non-hydrogen) atoms. The summed E-state index contributed by atoms with van der Waals surface area (Å²) in [5.74, 6) is 1.65. The molecule has 6 nitrogen and oxygen atoms in total. The van der Waals surface area contributed by atoms with Crippen LogP contribution in [-0.2, 0) is 4.74 Å². The number of para-hydroxylation sites is 1. The smallest absolute Gasteiger partial charge is 0.410 e. The number of aromatic nitrogens is 1. The maximum atomic E-state index is 12.2. The predicted molar refractivity (Wildman–Crippen MR) is 131 cm³/mol. The van der Waals surface area contributed by atoms with Gasteiger partial charge in [0.05, 0.1) is 0 Å². The second-order valence-corrected chi connectivity index (χ2v) is 9.23. The van der Waals surface area contributed by atoms with Gasteiger partial charge in [0.2, 0.25) is 0 Å². The van der Waals surface area contributed by atoms with E-state index in [1.165, 1.54) is 0 Å². The van der Waals surface area contributed by atoms with E-state index in [1.807, 2.05) is 87.6 Å². The van der Waals surface area contributed by atoms with Crippen LogP contribution in [0, 0.1) is 0 Å². The van der Waals surface area contributed by atoms with E-state index in [1.54, 1.807) is 4.90 Å². The zero-order chi connectivity index (χ0) is 23.3. The molecular formula is C27H31N3O3. The quantitative estimate of drug-likeness (QED) is 0.501. The number of ether oxygens (including phenoxy) is 2. The van der Waals surface area contributed by atoms with Gasteiger partial charge in [-0.1, -0.05) is 30.3 Å². The fraction of sp³-hybridized carbons (Fsp3) is 0.333. The lowest BCUT2D eigenvalue weighted by Gasteiger charge is -2.33. The number of likely N-dealkylation sites (tertiary alicyclic amines) is 1. The van der Waals surface area contributed by atoms with Crippen molar-refractivity contribution in [1.29, 1.82) is 0 Å². The van der Waals surface area contributed by atoms with Gasteiger partial charge in [0, 0.05) is 43.4 Å². The standard InChI is InChI=1S/C27H31N3O3/c1-27(2,3)33-26(31)30-17-15-24(16-18-30)32-23-12-9-20(10-13-23)21-11-14-25(28-19-21)29-22-7-5-4-6-8-22/h4-14,19,24H,15-18H2,1-3H3,(H,28,29). The summed E-state index contributed by atoms with van der Waals surface area (Å²) in [6.45, 7) is 6.95. The fourth-order valence-corrected chi connectivity index (χ4v) is 3.71. The first-order chi connectivity index (χ1) is 15.9. The number of hydrogen-bond acceptors (Lipinski definition) is 5. The molecule has 1 fully saturated rings. The van der Waals surface area contributed by atoms with Crippen molar-refractivity contribution in [2.75, 3.05) is 18.4 Å². The van der Waals surface area contributed by atoms with Crippen molar-refractivity contribution >= 4 is 17.6 Å². The monoisotopic (exact) mass is 445 g/mol. The molecule has 0 unspecified atom stereocenters. The molecule has 1 aromatic heterocycles. The van der Waals surface area contributed by atoms with Gasteiger partial charge in [0.1, 0.15) is 23.3 Å². The van der Waals surface area contributed by atoms with Gasteiger partial charge in [0.15, 0.2) is 0 Å². The highest BCUT2D eigenvalue weighted by Crippen LogP contribution is 2.26. The summed E-state index contributed by atoms with van der Waals surface area (Å²) >= 11 is 0. The van der Waals surface area contributed by atoms with Crippen molar-refractivity contribution in [2.45, 2.75) is 45.3 Å². The number of amides is 1. The van der Waals surface area contributed by atoms with Gasteiger partial charge in [-0.25, -0.2) is 9.78 Å². The van der Waals surface area contributed by atoms with Crippen LogP contribution in [0.15, 0.2) is 72.9 Å².